The summed E-state index contributed by atoms with van der Waals surface area (Å²) in [6, 6.07) is 8.59. The molecule has 6 nitrogen and oxygen atoms in total. The van der Waals surface area contributed by atoms with E-state index in [-0.39, 0.29) is 6.42 Å². The summed E-state index contributed by atoms with van der Waals surface area (Å²) in [5.41, 5.74) is 1.20. The summed E-state index contributed by atoms with van der Waals surface area (Å²) in [5, 5.41) is 18.7. The number of nitrogens with zero attached hydrogens (tertiary/aromatic N) is 1. The van der Waals surface area contributed by atoms with Gasteiger partial charge >= 0.3 is 13.1 Å². The normalized spacial score (nSPS) is 16.6. The van der Waals surface area contributed by atoms with Crippen molar-refractivity contribution in [3.63, 3.8) is 0 Å². The van der Waals surface area contributed by atoms with Gasteiger partial charge in [-0.2, -0.15) is 0 Å². The highest BCUT2D eigenvalue weighted by molar-refractivity contribution is 6.61. The van der Waals surface area contributed by atoms with Crippen molar-refractivity contribution in [2.24, 2.45) is 0 Å². The fourth-order valence-corrected chi connectivity index (χ4v) is 2.29. The van der Waals surface area contributed by atoms with E-state index in [4.69, 9.17) is 14.5 Å². The zero-order chi connectivity index (χ0) is 14.8. The molecule has 0 fully saturated rings. The maximum atomic E-state index is 10.8. The van der Waals surface area contributed by atoms with Crippen LogP contribution >= 0.6 is 0 Å². The maximum absolute atomic E-state index is 10.8. The second-order valence-electron chi connectivity index (χ2n) is 4.66. The van der Waals surface area contributed by atoms with Gasteiger partial charge in [0, 0.05) is 6.20 Å². The highest BCUT2D eigenvalue weighted by Gasteiger charge is 2.36. The van der Waals surface area contributed by atoms with Crippen molar-refractivity contribution in [3.8, 4) is 11.5 Å². The van der Waals surface area contributed by atoms with Gasteiger partial charge in [0.2, 0.25) is 0 Å². The predicted molar refractivity (Wildman–Crippen MR) is 74.4 cm³/mol. The number of carboxylic acids is 1. The van der Waals surface area contributed by atoms with Crippen molar-refractivity contribution in [3.05, 3.63) is 48.3 Å². The van der Waals surface area contributed by atoms with Crippen LogP contribution in [-0.2, 0) is 9.45 Å². The van der Waals surface area contributed by atoms with Gasteiger partial charge in [-0.15, -0.1) is 0 Å². The van der Waals surface area contributed by atoms with Gasteiger partial charge in [-0.1, -0.05) is 6.07 Å². The van der Waals surface area contributed by atoms with Gasteiger partial charge in [-0.25, -0.2) is 0 Å². The lowest BCUT2D eigenvalue weighted by Gasteiger charge is -2.10. The van der Waals surface area contributed by atoms with Gasteiger partial charge in [0.1, 0.15) is 11.5 Å². The first-order chi connectivity index (χ1) is 10.1. The van der Waals surface area contributed by atoms with E-state index in [9.17, 15) is 9.82 Å². The van der Waals surface area contributed by atoms with Crippen LogP contribution < -0.4 is 10.2 Å². The average molecular weight is 285 g/mol. The third-order valence-corrected chi connectivity index (χ3v) is 3.19. The van der Waals surface area contributed by atoms with E-state index in [1.807, 2.05) is 0 Å². The molecule has 0 radical (unpaired) electrons. The van der Waals surface area contributed by atoms with Crippen LogP contribution in [0.5, 0.6) is 11.5 Å². The van der Waals surface area contributed by atoms with Crippen molar-refractivity contribution in [2.75, 3.05) is 0 Å². The van der Waals surface area contributed by atoms with Crippen molar-refractivity contribution in [1.82, 2.24) is 4.98 Å². The summed E-state index contributed by atoms with van der Waals surface area (Å²) < 4.78 is 10.9. The van der Waals surface area contributed by atoms with Crippen LogP contribution in [0.2, 0.25) is 0 Å². The van der Waals surface area contributed by atoms with E-state index in [0.29, 0.717) is 22.5 Å². The first-order valence-electron chi connectivity index (χ1n) is 6.40. The Labute approximate surface area is 121 Å². The molecule has 106 valence electrons. The highest BCUT2D eigenvalue weighted by atomic mass is 16.5. The molecule has 0 saturated carbocycles. The Morgan fingerprint density at radius 2 is 2.24 bits per heavy atom. The average Bonchev–Trinajstić information content (AvgIpc) is 2.75. The number of hydrogen-bond acceptors (Lipinski definition) is 5. The zero-order valence-electron chi connectivity index (χ0n) is 11.0. The van der Waals surface area contributed by atoms with Gasteiger partial charge in [-0.05, 0) is 35.3 Å². The molecule has 1 aliphatic rings. The summed E-state index contributed by atoms with van der Waals surface area (Å²) in [6.45, 7) is 0. The molecule has 3 rings (SSSR count). The van der Waals surface area contributed by atoms with E-state index in [1.165, 1.54) is 0 Å². The van der Waals surface area contributed by atoms with Crippen molar-refractivity contribution >= 4 is 18.6 Å². The zero-order valence-corrected chi connectivity index (χ0v) is 11.0. The number of aliphatic carboxylic acids is 1. The minimum absolute atomic E-state index is 0.188. The Bertz CT molecular complexity index is 664. The fraction of sp³-hybridized carbons (Fsp3) is 0.143. The quantitative estimate of drug-likeness (QED) is 0.818. The van der Waals surface area contributed by atoms with Gasteiger partial charge < -0.3 is 19.5 Å². The molecule has 1 aromatic carbocycles. The number of pyridine rings is 1. The number of ether oxygens (including phenoxy) is 1. The minimum atomic E-state index is -1.14. The lowest BCUT2D eigenvalue weighted by Crippen LogP contribution is -2.28. The Hall–Kier alpha value is -2.38. The Balaban J connectivity index is 1.85. The van der Waals surface area contributed by atoms with Gasteiger partial charge in [0.25, 0.3) is 0 Å². The Morgan fingerprint density at radius 1 is 1.38 bits per heavy atom. The minimum Gasteiger partial charge on any atom is -0.481 e. The fourth-order valence-electron chi connectivity index (χ4n) is 2.29. The van der Waals surface area contributed by atoms with E-state index < -0.39 is 19.2 Å². The molecule has 7 heteroatoms. The molecular weight excluding hydrogens is 273 g/mol. The largest absolute Gasteiger partial charge is 0.492 e. The maximum Gasteiger partial charge on any atom is 0.492 e. The molecular formula is C14H12BNO5. The number of rotatable bonds is 4. The smallest absolute Gasteiger partial charge is 0.481 e. The number of aromatic nitrogens is 1. The Morgan fingerprint density at radius 3 is 2.95 bits per heavy atom. The van der Waals surface area contributed by atoms with Crippen molar-refractivity contribution < 1.29 is 24.3 Å². The van der Waals surface area contributed by atoms with Gasteiger partial charge in [-0.3, -0.25) is 9.78 Å². The first-order valence-corrected chi connectivity index (χ1v) is 6.40. The number of hydrogen-bond donors (Lipinski definition) is 2. The van der Waals surface area contributed by atoms with Crippen LogP contribution in [-0.4, -0.2) is 28.2 Å². The van der Waals surface area contributed by atoms with E-state index in [1.54, 1.807) is 42.7 Å². The molecule has 0 spiro atoms. The van der Waals surface area contributed by atoms with Crippen molar-refractivity contribution in [2.45, 2.75) is 12.5 Å². The molecule has 1 unspecified atom stereocenters. The van der Waals surface area contributed by atoms with E-state index in [2.05, 4.69) is 4.98 Å². The summed E-state index contributed by atoms with van der Waals surface area (Å²) in [4.78, 5) is 14.7. The van der Waals surface area contributed by atoms with Crippen LogP contribution in [0.1, 0.15) is 18.1 Å². The Kier molecular flexibility index (Phi) is 3.59. The summed E-state index contributed by atoms with van der Waals surface area (Å²) in [7, 11) is -1.14. The highest BCUT2D eigenvalue weighted by Crippen LogP contribution is 2.29. The number of carbonyl (C=O) groups is 1. The SMILES string of the molecule is O=C(O)CC1OB(O)c2cc(Oc3cccnc3)ccc21. The van der Waals surface area contributed by atoms with E-state index >= 15 is 0 Å². The molecule has 1 atom stereocenters. The summed E-state index contributed by atoms with van der Waals surface area (Å²) in [5.74, 6) is 0.129. The van der Waals surface area contributed by atoms with E-state index in [0.717, 1.165) is 0 Å². The second-order valence-corrected chi connectivity index (χ2v) is 4.66. The van der Waals surface area contributed by atoms with Crippen LogP contribution in [0.25, 0.3) is 0 Å². The molecule has 21 heavy (non-hydrogen) atoms. The summed E-state index contributed by atoms with van der Waals surface area (Å²) >= 11 is 0. The lowest BCUT2D eigenvalue weighted by atomic mass is 9.79. The molecule has 0 saturated heterocycles. The van der Waals surface area contributed by atoms with Crippen LogP contribution in [0.15, 0.2) is 42.7 Å². The number of carboxylic acid groups (broad SMARTS) is 1. The third-order valence-electron chi connectivity index (χ3n) is 3.19. The van der Waals surface area contributed by atoms with Crippen LogP contribution in [0, 0.1) is 0 Å². The first kappa shape index (κ1) is 13.6. The molecule has 0 bridgehead atoms. The number of fused-ring (bicyclic) bond motifs is 1. The lowest BCUT2D eigenvalue weighted by molar-refractivity contribution is -0.138. The summed E-state index contributed by atoms with van der Waals surface area (Å²) in [6.07, 6.45) is 2.39. The monoisotopic (exact) mass is 285 g/mol. The van der Waals surface area contributed by atoms with Crippen molar-refractivity contribution in [1.29, 1.82) is 0 Å². The topological polar surface area (TPSA) is 88.9 Å². The molecule has 0 amide bonds. The molecule has 0 aliphatic carbocycles. The van der Waals surface area contributed by atoms with Gasteiger partial charge in [0.15, 0.2) is 0 Å². The standard InChI is InChI=1S/C14H12BNO5/c17-14(18)7-13-11-4-3-9(6-12(11)15(19)21-13)20-10-2-1-5-16-8-10/h1-6,8,13,19H,7H2,(H,17,18). The van der Waals surface area contributed by atoms with Crippen LogP contribution in [0.3, 0.4) is 0 Å². The second kappa shape index (κ2) is 5.55. The van der Waals surface area contributed by atoms with Gasteiger partial charge in [0.05, 0.1) is 18.7 Å². The van der Waals surface area contributed by atoms with Crippen LogP contribution in [0.4, 0.5) is 0 Å². The number of benzene rings is 1. The molecule has 2 aromatic rings. The predicted octanol–water partition coefficient (Wildman–Crippen LogP) is 1.11. The molecule has 2 N–H and O–H groups in total. The molecule has 2 heterocycles. The third kappa shape index (κ3) is 2.88. The molecule has 1 aromatic heterocycles. The molecule has 1 aliphatic heterocycles.